The van der Waals surface area contributed by atoms with Gasteiger partial charge in [0.15, 0.2) is 0 Å². The third-order valence-electron chi connectivity index (χ3n) is 5.21. The van der Waals surface area contributed by atoms with Crippen LogP contribution in [0.5, 0.6) is 5.75 Å². The van der Waals surface area contributed by atoms with Crippen molar-refractivity contribution in [2.24, 2.45) is 5.84 Å². The second kappa shape index (κ2) is 6.30. The number of rotatable bonds is 5. The minimum absolute atomic E-state index is 0.112. The maximum atomic E-state index is 5.98. The van der Waals surface area contributed by atoms with Crippen LogP contribution in [0.1, 0.15) is 50.1 Å². The lowest BCUT2D eigenvalue weighted by Crippen LogP contribution is -2.55. The summed E-state index contributed by atoms with van der Waals surface area (Å²) in [5.41, 5.74) is 4.36. The van der Waals surface area contributed by atoms with Gasteiger partial charge >= 0.3 is 0 Å². The summed E-state index contributed by atoms with van der Waals surface area (Å²) in [6, 6.07) is 2.17. The van der Waals surface area contributed by atoms with Gasteiger partial charge in [-0.1, -0.05) is 12.8 Å². The van der Waals surface area contributed by atoms with E-state index in [4.69, 9.17) is 10.6 Å². The number of ether oxygens (including phenoxy) is 1. The van der Waals surface area contributed by atoms with Crippen molar-refractivity contribution in [2.75, 3.05) is 20.2 Å². The van der Waals surface area contributed by atoms with E-state index in [0.29, 0.717) is 0 Å². The average Bonchev–Trinajstić information content (AvgIpc) is 3.20. The molecule has 1 saturated heterocycles. The minimum atomic E-state index is 0.112. The first-order valence-electron chi connectivity index (χ1n) is 8.00. The van der Waals surface area contributed by atoms with Gasteiger partial charge in [-0.2, -0.15) is 0 Å². The highest BCUT2D eigenvalue weighted by atomic mass is 16.5. The van der Waals surface area contributed by atoms with Gasteiger partial charge in [-0.3, -0.25) is 21.2 Å². The van der Waals surface area contributed by atoms with Gasteiger partial charge in [0.1, 0.15) is 5.75 Å². The molecule has 0 bridgehead atoms. The summed E-state index contributed by atoms with van der Waals surface area (Å²) in [7, 11) is 1.68. The van der Waals surface area contributed by atoms with Crippen molar-refractivity contribution in [3.63, 3.8) is 0 Å². The summed E-state index contributed by atoms with van der Waals surface area (Å²) in [5, 5.41) is 0. The fraction of sp³-hybridized carbons (Fsp3) is 0.688. The van der Waals surface area contributed by atoms with Crippen molar-refractivity contribution < 1.29 is 4.74 Å². The first-order valence-corrected chi connectivity index (χ1v) is 8.00. The van der Waals surface area contributed by atoms with Crippen LogP contribution in [0.3, 0.4) is 0 Å². The molecule has 1 unspecified atom stereocenters. The Kier molecular flexibility index (Phi) is 4.42. The van der Waals surface area contributed by atoms with E-state index < -0.39 is 0 Å². The number of nitrogens with zero attached hydrogens (tertiary/aromatic N) is 2. The predicted molar refractivity (Wildman–Crippen MR) is 82.9 cm³/mol. The number of likely N-dealkylation sites (tertiary alicyclic amines) is 1. The normalized spacial score (nSPS) is 23.3. The number of nitrogens with one attached hydrogen (secondary N) is 1. The Morgan fingerprint density at radius 1 is 1.24 bits per heavy atom. The van der Waals surface area contributed by atoms with Crippen molar-refractivity contribution in [1.82, 2.24) is 15.3 Å². The average molecular weight is 290 g/mol. The van der Waals surface area contributed by atoms with Crippen LogP contribution in [0.15, 0.2) is 18.5 Å². The molecule has 2 aliphatic rings. The zero-order valence-electron chi connectivity index (χ0n) is 12.8. The minimum Gasteiger partial charge on any atom is -0.495 e. The van der Waals surface area contributed by atoms with Crippen molar-refractivity contribution in [1.29, 1.82) is 0 Å². The molecule has 1 aromatic heterocycles. The molecule has 0 aromatic carbocycles. The number of methoxy groups -OCH3 is 1. The SMILES string of the molecule is COc1cncc(C(NN)C2(N3CCCC3)CCCC2)c1. The smallest absolute Gasteiger partial charge is 0.137 e. The third kappa shape index (κ3) is 2.65. The molecule has 1 aliphatic heterocycles. The van der Waals surface area contributed by atoms with Gasteiger partial charge in [0.25, 0.3) is 0 Å². The molecular formula is C16H26N4O. The Bertz CT molecular complexity index is 467. The number of hydrazine groups is 1. The molecule has 5 nitrogen and oxygen atoms in total. The van der Waals surface area contributed by atoms with E-state index in [1.807, 2.05) is 6.20 Å². The first kappa shape index (κ1) is 14.8. The second-order valence-electron chi connectivity index (χ2n) is 6.26. The topological polar surface area (TPSA) is 63.4 Å². The molecule has 1 aromatic rings. The van der Waals surface area contributed by atoms with E-state index in [0.717, 1.165) is 11.3 Å². The van der Waals surface area contributed by atoms with Gasteiger partial charge in [-0.05, 0) is 50.4 Å². The third-order valence-corrected chi connectivity index (χ3v) is 5.21. The molecule has 3 N–H and O–H groups in total. The highest BCUT2D eigenvalue weighted by molar-refractivity contribution is 5.29. The van der Waals surface area contributed by atoms with Crippen LogP contribution in [-0.4, -0.2) is 35.6 Å². The fourth-order valence-corrected chi connectivity index (χ4v) is 4.20. The number of hydrogen-bond donors (Lipinski definition) is 2. The summed E-state index contributed by atoms with van der Waals surface area (Å²) in [6.45, 7) is 2.38. The van der Waals surface area contributed by atoms with Gasteiger partial charge in [0.2, 0.25) is 0 Å². The van der Waals surface area contributed by atoms with Crippen molar-refractivity contribution >= 4 is 0 Å². The molecule has 1 aliphatic carbocycles. The summed E-state index contributed by atoms with van der Waals surface area (Å²) in [6.07, 6.45) is 11.2. The predicted octanol–water partition coefficient (Wildman–Crippen LogP) is 2.00. The van der Waals surface area contributed by atoms with Crippen LogP contribution in [-0.2, 0) is 0 Å². The lowest BCUT2D eigenvalue weighted by Gasteiger charge is -2.45. The maximum absolute atomic E-state index is 5.98. The van der Waals surface area contributed by atoms with E-state index in [-0.39, 0.29) is 11.6 Å². The lowest BCUT2D eigenvalue weighted by molar-refractivity contribution is 0.0762. The van der Waals surface area contributed by atoms with Gasteiger partial charge in [0, 0.05) is 11.7 Å². The standard InChI is InChI=1S/C16H26N4O/c1-21-14-10-13(11-18-12-14)15(19-17)16(6-2-3-7-16)20-8-4-5-9-20/h10-12,15,19H,2-9,17H2,1H3. The molecule has 21 heavy (non-hydrogen) atoms. The van der Waals surface area contributed by atoms with Gasteiger partial charge in [-0.25, -0.2) is 0 Å². The van der Waals surface area contributed by atoms with Crippen molar-refractivity contribution in [2.45, 2.75) is 50.1 Å². The van der Waals surface area contributed by atoms with Gasteiger partial charge in [0.05, 0.1) is 19.3 Å². The molecule has 0 spiro atoms. The lowest BCUT2D eigenvalue weighted by atomic mass is 9.83. The fourth-order valence-electron chi connectivity index (χ4n) is 4.20. The number of aromatic nitrogens is 1. The molecule has 0 radical (unpaired) electrons. The van der Waals surface area contributed by atoms with Crippen LogP contribution >= 0.6 is 0 Å². The molecular weight excluding hydrogens is 264 g/mol. The molecule has 2 fully saturated rings. The van der Waals surface area contributed by atoms with Gasteiger partial charge < -0.3 is 4.74 Å². The molecule has 116 valence electrons. The molecule has 5 heteroatoms. The number of hydrogen-bond acceptors (Lipinski definition) is 5. The van der Waals surface area contributed by atoms with Crippen LogP contribution in [0.4, 0.5) is 0 Å². The largest absolute Gasteiger partial charge is 0.495 e. The Labute approximate surface area is 126 Å². The van der Waals surface area contributed by atoms with E-state index in [2.05, 4.69) is 21.4 Å². The highest BCUT2D eigenvalue weighted by Crippen LogP contribution is 2.45. The zero-order valence-corrected chi connectivity index (χ0v) is 12.8. The summed E-state index contributed by atoms with van der Waals surface area (Å²) in [5.74, 6) is 6.78. The van der Waals surface area contributed by atoms with Crippen LogP contribution in [0, 0.1) is 0 Å². The molecule has 1 atom stereocenters. The number of nitrogens with two attached hydrogens (primary N) is 1. The molecule has 3 rings (SSSR count). The first-order chi connectivity index (χ1) is 10.3. The van der Waals surface area contributed by atoms with Crippen LogP contribution < -0.4 is 16.0 Å². The van der Waals surface area contributed by atoms with E-state index in [1.165, 1.54) is 51.6 Å². The van der Waals surface area contributed by atoms with Gasteiger partial charge in [-0.15, -0.1) is 0 Å². The van der Waals surface area contributed by atoms with Crippen molar-refractivity contribution in [3.8, 4) is 5.75 Å². The van der Waals surface area contributed by atoms with Crippen LogP contribution in [0.25, 0.3) is 0 Å². The van der Waals surface area contributed by atoms with E-state index >= 15 is 0 Å². The zero-order chi connectivity index (χ0) is 14.7. The monoisotopic (exact) mass is 290 g/mol. The molecule has 0 amide bonds. The Morgan fingerprint density at radius 2 is 1.95 bits per heavy atom. The summed E-state index contributed by atoms with van der Waals surface area (Å²) < 4.78 is 5.33. The van der Waals surface area contributed by atoms with E-state index in [1.54, 1.807) is 13.3 Å². The second-order valence-corrected chi connectivity index (χ2v) is 6.26. The molecule has 1 saturated carbocycles. The maximum Gasteiger partial charge on any atom is 0.137 e. The quantitative estimate of drug-likeness (QED) is 0.641. The summed E-state index contributed by atoms with van der Waals surface area (Å²) in [4.78, 5) is 6.97. The molecule has 2 heterocycles. The summed E-state index contributed by atoms with van der Waals surface area (Å²) >= 11 is 0. The van der Waals surface area contributed by atoms with Crippen molar-refractivity contribution in [3.05, 3.63) is 24.0 Å². The highest BCUT2D eigenvalue weighted by Gasteiger charge is 2.47. The Hall–Kier alpha value is -1.17. The Balaban J connectivity index is 1.94. The number of pyridine rings is 1. The van der Waals surface area contributed by atoms with E-state index in [9.17, 15) is 0 Å². The Morgan fingerprint density at radius 3 is 2.57 bits per heavy atom. The van der Waals surface area contributed by atoms with Crippen LogP contribution in [0.2, 0.25) is 0 Å².